The third kappa shape index (κ3) is 8.03. The first-order chi connectivity index (χ1) is 14.6. The van der Waals surface area contributed by atoms with Crippen LogP contribution in [0.15, 0.2) is 46.2 Å². The van der Waals surface area contributed by atoms with Crippen molar-refractivity contribution in [2.75, 3.05) is 0 Å². The number of phenols is 2. The minimum Gasteiger partial charge on any atom is -0.507 e. The molecule has 0 saturated heterocycles. The molecule has 0 heterocycles. The molecular weight excluding hydrogens is 459 g/mol. The van der Waals surface area contributed by atoms with Gasteiger partial charge in [-0.15, -0.1) is 0 Å². The monoisotopic (exact) mass is 500 g/mol. The average molecular weight is 501 g/mol. The molecule has 2 aromatic carbocycles. The summed E-state index contributed by atoms with van der Waals surface area (Å²) < 4.78 is 0. The zero-order valence-corrected chi connectivity index (χ0v) is 22.5. The maximum Gasteiger partial charge on any atom is 0.129 e. The standard InChI is InChI=1S/C28H42O2S.Ni/c1-7-9-11-17-27(3,4)21-13-15-23(29)25(19-21)31-26-20-22(14-16-24(26)30)28(5,6)18-12-10-8-2;/h13-16,19-20,29-30H,7-12,17-18H2,1-6H3;. The fourth-order valence-corrected chi connectivity index (χ4v) is 5.03. The molecule has 32 heavy (non-hydrogen) atoms. The van der Waals surface area contributed by atoms with Crippen molar-refractivity contribution >= 4 is 11.8 Å². The van der Waals surface area contributed by atoms with Gasteiger partial charge in [0.2, 0.25) is 0 Å². The van der Waals surface area contributed by atoms with Gasteiger partial charge in [-0.2, -0.15) is 0 Å². The van der Waals surface area contributed by atoms with Crippen LogP contribution in [0.1, 0.15) is 104 Å². The molecule has 0 unspecified atom stereocenters. The smallest absolute Gasteiger partial charge is 0.129 e. The van der Waals surface area contributed by atoms with Crippen LogP contribution in [-0.2, 0) is 27.3 Å². The minimum atomic E-state index is 0. The number of rotatable bonds is 12. The van der Waals surface area contributed by atoms with Gasteiger partial charge in [0, 0.05) is 16.5 Å². The van der Waals surface area contributed by atoms with Crippen molar-refractivity contribution in [2.24, 2.45) is 0 Å². The van der Waals surface area contributed by atoms with Gasteiger partial charge in [-0.1, -0.05) is 104 Å². The van der Waals surface area contributed by atoms with E-state index in [0.717, 1.165) is 22.6 Å². The van der Waals surface area contributed by atoms with Gasteiger partial charge in [-0.05, 0) is 59.1 Å². The molecular formula is C28H42NiO2S. The Balaban J connectivity index is 0.00000512. The van der Waals surface area contributed by atoms with Crippen LogP contribution in [0.5, 0.6) is 11.5 Å². The van der Waals surface area contributed by atoms with Gasteiger partial charge < -0.3 is 10.2 Å². The van der Waals surface area contributed by atoms with Gasteiger partial charge in [0.05, 0.1) is 9.79 Å². The van der Waals surface area contributed by atoms with Crippen LogP contribution in [0, 0.1) is 0 Å². The van der Waals surface area contributed by atoms with Gasteiger partial charge >= 0.3 is 0 Å². The normalized spacial score (nSPS) is 11.9. The van der Waals surface area contributed by atoms with E-state index in [2.05, 4.69) is 53.7 Å². The summed E-state index contributed by atoms with van der Waals surface area (Å²) in [7, 11) is 0. The van der Waals surface area contributed by atoms with Crippen molar-refractivity contribution in [2.45, 2.75) is 114 Å². The maximum absolute atomic E-state index is 10.5. The van der Waals surface area contributed by atoms with Gasteiger partial charge in [0.25, 0.3) is 0 Å². The van der Waals surface area contributed by atoms with E-state index in [4.69, 9.17) is 0 Å². The molecule has 0 radical (unpaired) electrons. The summed E-state index contributed by atoms with van der Waals surface area (Å²) in [6.45, 7) is 13.6. The summed E-state index contributed by atoms with van der Waals surface area (Å²) in [5, 5.41) is 21.1. The first kappa shape index (κ1) is 28.9. The van der Waals surface area contributed by atoms with Crippen molar-refractivity contribution in [3.05, 3.63) is 47.5 Å². The van der Waals surface area contributed by atoms with Gasteiger partial charge in [0.1, 0.15) is 11.5 Å². The molecule has 0 spiro atoms. The Morgan fingerprint density at radius 1 is 0.656 bits per heavy atom. The topological polar surface area (TPSA) is 40.5 Å². The summed E-state index contributed by atoms with van der Waals surface area (Å²) in [6, 6.07) is 11.9. The van der Waals surface area contributed by atoms with Crippen molar-refractivity contribution in [3.63, 3.8) is 0 Å². The van der Waals surface area contributed by atoms with E-state index in [-0.39, 0.29) is 38.8 Å². The molecule has 2 rings (SSSR count). The van der Waals surface area contributed by atoms with Gasteiger partial charge in [-0.3, -0.25) is 0 Å². The Morgan fingerprint density at radius 2 is 1.03 bits per heavy atom. The quantitative estimate of drug-likeness (QED) is 0.225. The van der Waals surface area contributed by atoms with E-state index in [9.17, 15) is 10.2 Å². The Kier molecular flexibility index (Phi) is 11.7. The molecule has 0 bridgehead atoms. The Morgan fingerprint density at radius 3 is 1.38 bits per heavy atom. The van der Waals surface area contributed by atoms with E-state index >= 15 is 0 Å². The number of unbranched alkanes of at least 4 members (excludes halogenated alkanes) is 4. The van der Waals surface area contributed by atoms with Crippen molar-refractivity contribution < 1.29 is 26.7 Å². The first-order valence-electron chi connectivity index (χ1n) is 12.0. The van der Waals surface area contributed by atoms with Crippen molar-refractivity contribution in [1.82, 2.24) is 0 Å². The maximum atomic E-state index is 10.5. The second-order valence-corrected chi connectivity index (χ2v) is 11.2. The average Bonchev–Trinajstić information content (AvgIpc) is 2.71. The molecule has 0 aliphatic heterocycles. The van der Waals surface area contributed by atoms with Crippen LogP contribution in [0.4, 0.5) is 0 Å². The number of hydrogen-bond acceptors (Lipinski definition) is 3. The molecule has 0 saturated carbocycles. The van der Waals surface area contributed by atoms with E-state index in [1.54, 1.807) is 12.1 Å². The fraction of sp³-hybridized carbons (Fsp3) is 0.571. The molecule has 4 heteroatoms. The van der Waals surface area contributed by atoms with E-state index < -0.39 is 0 Å². The number of phenolic OH excluding ortho intramolecular Hbond substituents is 2. The van der Waals surface area contributed by atoms with Crippen molar-refractivity contribution in [3.8, 4) is 11.5 Å². The zero-order valence-electron chi connectivity index (χ0n) is 20.7. The predicted molar refractivity (Wildman–Crippen MR) is 135 cm³/mol. The molecule has 0 aromatic heterocycles. The third-order valence-electron chi connectivity index (χ3n) is 6.51. The van der Waals surface area contributed by atoms with Crippen LogP contribution in [0.25, 0.3) is 0 Å². The second kappa shape index (κ2) is 12.9. The molecule has 0 amide bonds. The fourth-order valence-electron chi connectivity index (χ4n) is 4.07. The van der Waals surface area contributed by atoms with Crippen LogP contribution >= 0.6 is 11.8 Å². The molecule has 0 atom stereocenters. The first-order valence-corrected chi connectivity index (χ1v) is 12.8. The van der Waals surface area contributed by atoms with Crippen LogP contribution in [-0.4, -0.2) is 10.2 Å². The molecule has 2 N–H and O–H groups in total. The predicted octanol–water partition coefficient (Wildman–Crippen LogP) is 8.96. The molecule has 2 nitrogen and oxygen atoms in total. The summed E-state index contributed by atoms with van der Waals surface area (Å²) >= 11 is 1.46. The summed E-state index contributed by atoms with van der Waals surface area (Å²) in [5.41, 5.74) is 2.59. The molecule has 182 valence electrons. The van der Waals surface area contributed by atoms with Crippen LogP contribution in [0.3, 0.4) is 0 Å². The molecule has 2 aromatic rings. The van der Waals surface area contributed by atoms with Crippen LogP contribution < -0.4 is 0 Å². The largest absolute Gasteiger partial charge is 0.507 e. The van der Waals surface area contributed by atoms with Crippen molar-refractivity contribution in [1.29, 1.82) is 0 Å². The third-order valence-corrected chi connectivity index (χ3v) is 7.61. The van der Waals surface area contributed by atoms with E-state index in [1.165, 1.54) is 61.4 Å². The summed E-state index contributed by atoms with van der Waals surface area (Å²) in [4.78, 5) is 1.61. The van der Waals surface area contributed by atoms with Crippen LogP contribution in [0.2, 0.25) is 0 Å². The Labute approximate surface area is 210 Å². The second-order valence-electron chi connectivity index (χ2n) is 10.1. The van der Waals surface area contributed by atoms with Gasteiger partial charge in [-0.25, -0.2) is 0 Å². The van der Waals surface area contributed by atoms with Gasteiger partial charge in [0.15, 0.2) is 0 Å². The Hall–Kier alpha value is -1.12. The SMILES string of the molecule is CCCCCC(C)(C)c1ccc(O)c(Sc2cc(C(C)(C)CCCCC)ccc2O)c1.[Ni]. The van der Waals surface area contributed by atoms with E-state index in [0.29, 0.717) is 0 Å². The van der Waals surface area contributed by atoms with E-state index in [1.807, 2.05) is 12.1 Å². The Bertz CT molecular complexity index is 776. The number of hydrogen-bond donors (Lipinski definition) is 2. The number of aromatic hydroxyl groups is 2. The summed E-state index contributed by atoms with van der Waals surface area (Å²) in [6.07, 6.45) is 9.61. The molecule has 0 aliphatic rings. The molecule has 0 aliphatic carbocycles. The molecule has 0 fully saturated rings. The minimum absolute atomic E-state index is 0. The number of benzene rings is 2. The zero-order chi connectivity index (χ0) is 23.1. The summed E-state index contributed by atoms with van der Waals surface area (Å²) in [5.74, 6) is 0.537.